The van der Waals surface area contributed by atoms with E-state index in [-0.39, 0.29) is 0 Å². The smallest absolute Gasteiger partial charge is 0.223 e. The third-order valence-electron chi connectivity index (χ3n) is 3.00. The Bertz CT molecular complexity index is 320. The number of nitrogens with one attached hydrogen (secondary N) is 1. The zero-order valence-electron chi connectivity index (χ0n) is 10.1. The number of aryl methyl sites for hydroxylation is 1. The van der Waals surface area contributed by atoms with Crippen LogP contribution in [0.15, 0.2) is 4.52 Å². The molecule has 0 bridgehead atoms. The molecule has 1 saturated heterocycles. The normalized spacial score (nSPS) is 19.9. The fourth-order valence-corrected chi connectivity index (χ4v) is 2.19. The Labute approximate surface area is 96.2 Å². The van der Waals surface area contributed by atoms with Crippen molar-refractivity contribution in [3.05, 3.63) is 11.7 Å². The maximum atomic E-state index is 5.08. The molecule has 2 rings (SSSR count). The molecule has 1 aliphatic heterocycles. The van der Waals surface area contributed by atoms with Gasteiger partial charge in [-0.15, -0.1) is 0 Å². The Morgan fingerprint density at radius 1 is 1.44 bits per heavy atom. The van der Waals surface area contributed by atoms with Crippen molar-refractivity contribution in [3.63, 3.8) is 0 Å². The second-order valence-electron chi connectivity index (χ2n) is 4.26. The lowest BCUT2D eigenvalue weighted by Gasteiger charge is -2.33. The minimum atomic E-state index is 0.324. The minimum Gasteiger partial charge on any atom is -0.340 e. The van der Waals surface area contributed by atoms with E-state index in [0.29, 0.717) is 11.9 Å². The molecule has 90 valence electrons. The molecule has 1 N–H and O–H groups in total. The van der Waals surface area contributed by atoms with Crippen LogP contribution in [0.5, 0.6) is 0 Å². The van der Waals surface area contributed by atoms with Crippen LogP contribution in [-0.4, -0.2) is 41.2 Å². The van der Waals surface area contributed by atoms with Crippen LogP contribution in [0.3, 0.4) is 0 Å². The Morgan fingerprint density at radius 3 is 2.75 bits per heavy atom. The average molecular weight is 224 g/mol. The predicted octanol–water partition coefficient (Wildman–Crippen LogP) is 1.12. The van der Waals surface area contributed by atoms with Gasteiger partial charge in [0.2, 0.25) is 5.89 Å². The number of aromatic nitrogens is 2. The van der Waals surface area contributed by atoms with Gasteiger partial charge in [-0.2, -0.15) is 4.98 Å². The van der Waals surface area contributed by atoms with Crippen LogP contribution in [-0.2, 0) is 0 Å². The fraction of sp³-hybridized carbons (Fsp3) is 0.818. The van der Waals surface area contributed by atoms with Crippen molar-refractivity contribution >= 4 is 0 Å². The van der Waals surface area contributed by atoms with Crippen molar-refractivity contribution in [2.24, 2.45) is 0 Å². The first kappa shape index (κ1) is 11.5. The number of hydrogen-bond donors (Lipinski definition) is 1. The molecule has 1 aromatic heterocycles. The molecule has 0 spiro atoms. The number of piperazine rings is 1. The molecule has 1 aliphatic rings. The molecule has 2 heterocycles. The minimum absolute atomic E-state index is 0.324. The van der Waals surface area contributed by atoms with Crippen molar-refractivity contribution in [2.45, 2.75) is 32.7 Å². The standard InChI is InChI=1S/C11H20N4O/c1-3-4-10(11-13-9(2)16-14-11)15-7-5-12-6-8-15/h10,12H,3-8H2,1-2H3. The molecule has 1 aromatic rings. The lowest BCUT2D eigenvalue weighted by atomic mass is 10.1. The summed E-state index contributed by atoms with van der Waals surface area (Å²) in [5.74, 6) is 1.51. The summed E-state index contributed by atoms with van der Waals surface area (Å²) in [6, 6.07) is 0.324. The maximum absolute atomic E-state index is 5.08. The van der Waals surface area contributed by atoms with E-state index in [9.17, 15) is 0 Å². The summed E-state index contributed by atoms with van der Waals surface area (Å²) in [6.45, 7) is 8.28. The molecule has 1 atom stereocenters. The van der Waals surface area contributed by atoms with Crippen molar-refractivity contribution in [1.29, 1.82) is 0 Å². The van der Waals surface area contributed by atoms with Gasteiger partial charge in [0, 0.05) is 33.1 Å². The van der Waals surface area contributed by atoms with Gasteiger partial charge in [-0.3, -0.25) is 4.90 Å². The predicted molar refractivity (Wildman–Crippen MR) is 61.1 cm³/mol. The van der Waals surface area contributed by atoms with Gasteiger partial charge in [0.15, 0.2) is 5.82 Å². The van der Waals surface area contributed by atoms with Crippen molar-refractivity contribution in [2.75, 3.05) is 26.2 Å². The second kappa shape index (κ2) is 5.41. The molecular weight excluding hydrogens is 204 g/mol. The fourth-order valence-electron chi connectivity index (χ4n) is 2.19. The van der Waals surface area contributed by atoms with Crippen LogP contribution in [0.2, 0.25) is 0 Å². The molecule has 5 nitrogen and oxygen atoms in total. The number of rotatable bonds is 4. The van der Waals surface area contributed by atoms with Crippen LogP contribution >= 0.6 is 0 Å². The van der Waals surface area contributed by atoms with E-state index in [1.54, 1.807) is 0 Å². The van der Waals surface area contributed by atoms with E-state index in [4.69, 9.17) is 4.52 Å². The van der Waals surface area contributed by atoms with Crippen molar-refractivity contribution in [3.8, 4) is 0 Å². The summed E-state index contributed by atoms with van der Waals surface area (Å²) in [5, 5.41) is 7.42. The summed E-state index contributed by atoms with van der Waals surface area (Å²) in [5.41, 5.74) is 0. The van der Waals surface area contributed by atoms with Gasteiger partial charge in [-0.05, 0) is 6.42 Å². The highest BCUT2D eigenvalue weighted by atomic mass is 16.5. The van der Waals surface area contributed by atoms with Gasteiger partial charge in [0.05, 0.1) is 6.04 Å². The third kappa shape index (κ3) is 2.59. The third-order valence-corrected chi connectivity index (χ3v) is 3.00. The Morgan fingerprint density at radius 2 is 2.19 bits per heavy atom. The maximum Gasteiger partial charge on any atom is 0.223 e. The zero-order chi connectivity index (χ0) is 11.4. The first-order valence-corrected chi connectivity index (χ1v) is 6.06. The molecule has 5 heteroatoms. The van der Waals surface area contributed by atoms with Gasteiger partial charge in [0.25, 0.3) is 0 Å². The summed E-state index contributed by atoms with van der Waals surface area (Å²) in [6.07, 6.45) is 2.24. The van der Waals surface area contributed by atoms with Gasteiger partial charge < -0.3 is 9.84 Å². The van der Waals surface area contributed by atoms with E-state index in [1.807, 2.05) is 6.92 Å². The molecule has 0 aliphatic carbocycles. The number of hydrogen-bond acceptors (Lipinski definition) is 5. The summed E-state index contributed by atoms with van der Waals surface area (Å²) in [4.78, 5) is 6.81. The quantitative estimate of drug-likeness (QED) is 0.830. The molecule has 0 saturated carbocycles. The molecule has 0 amide bonds. The molecule has 0 aromatic carbocycles. The highest BCUT2D eigenvalue weighted by Gasteiger charge is 2.25. The van der Waals surface area contributed by atoms with Gasteiger partial charge in [-0.1, -0.05) is 18.5 Å². The van der Waals surface area contributed by atoms with Gasteiger partial charge in [0.1, 0.15) is 0 Å². The van der Waals surface area contributed by atoms with E-state index < -0.39 is 0 Å². The van der Waals surface area contributed by atoms with Crippen molar-refractivity contribution in [1.82, 2.24) is 20.4 Å². The zero-order valence-corrected chi connectivity index (χ0v) is 10.1. The topological polar surface area (TPSA) is 54.2 Å². The highest BCUT2D eigenvalue weighted by molar-refractivity contribution is 4.95. The molecule has 0 radical (unpaired) electrons. The summed E-state index contributed by atoms with van der Waals surface area (Å²) >= 11 is 0. The first-order valence-electron chi connectivity index (χ1n) is 6.06. The monoisotopic (exact) mass is 224 g/mol. The molecule has 1 fully saturated rings. The Balaban J connectivity index is 2.09. The summed E-state index contributed by atoms with van der Waals surface area (Å²) in [7, 11) is 0. The van der Waals surface area contributed by atoms with Gasteiger partial charge >= 0.3 is 0 Å². The molecule has 16 heavy (non-hydrogen) atoms. The second-order valence-corrected chi connectivity index (χ2v) is 4.26. The average Bonchev–Trinajstić information content (AvgIpc) is 2.74. The van der Waals surface area contributed by atoms with E-state index in [1.165, 1.54) is 0 Å². The van der Waals surface area contributed by atoms with Crippen LogP contribution in [0.1, 0.15) is 37.5 Å². The number of nitrogens with zero attached hydrogens (tertiary/aromatic N) is 3. The van der Waals surface area contributed by atoms with Gasteiger partial charge in [-0.25, -0.2) is 0 Å². The van der Waals surface area contributed by atoms with Crippen LogP contribution in [0.4, 0.5) is 0 Å². The SMILES string of the molecule is CCCC(c1noc(C)n1)N1CCNCC1. The van der Waals surface area contributed by atoms with Crippen molar-refractivity contribution < 1.29 is 4.52 Å². The highest BCUT2D eigenvalue weighted by Crippen LogP contribution is 2.23. The van der Waals surface area contributed by atoms with Crippen LogP contribution in [0.25, 0.3) is 0 Å². The lowest BCUT2D eigenvalue weighted by molar-refractivity contribution is 0.155. The Kier molecular flexibility index (Phi) is 3.90. The largest absolute Gasteiger partial charge is 0.340 e. The van der Waals surface area contributed by atoms with Crippen LogP contribution in [0, 0.1) is 6.92 Å². The van der Waals surface area contributed by atoms with E-state index in [2.05, 4.69) is 27.3 Å². The summed E-state index contributed by atoms with van der Waals surface area (Å²) < 4.78 is 5.08. The Hall–Kier alpha value is -0.940. The molecule has 1 unspecified atom stereocenters. The first-order chi connectivity index (χ1) is 7.81. The van der Waals surface area contributed by atoms with E-state index >= 15 is 0 Å². The van der Waals surface area contributed by atoms with E-state index in [0.717, 1.165) is 44.8 Å². The lowest BCUT2D eigenvalue weighted by Crippen LogP contribution is -2.45. The molecular formula is C11H20N4O. The van der Waals surface area contributed by atoms with Crippen LogP contribution < -0.4 is 5.32 Å².